The van der Waals surface area contributed by atoms with Crippen LogP contribution in [0.5, 0.6) is 0 Å². The van der Waals surface area contributed by atoms with E-state index in [0.29, 0.717) is 0 Å². The highest BCUT2D eigenvalue weighted by molar-refractivity contribution is 6.60. The zero-order chi connectivity index (χ0) is 8.43. The maximum absolute atomic E-state index is 10.4. The van der Waals surface area contributed by atoms with Crippen molar-refractivity contribution in [2.24, 2.45) is 7.05 Å². The first-order valence-corrected chi connectivity index (χ1v) is 3.29. The van der Waals surface area contributed by atoms with Crippen molar-refractivity contribution in [2.75, 3.05) is 5.32 Å². The fourth-order valence-electron chi connectivity index (χ4n) is 0.885. The number of carbonyl (C=O) groups excluding carboxylic acids is 1. The maximum atomic E-state index is 10.4. The number of amides is 1. The van der Waals surface area contributed by atoms with Gasteiger partial charge in [-0.3, -0.25) is 4.79 Å². The van der Waals surface area contributed by atoms with Gasteiger partial charge in [0, 0.05) is 18.9 Å². The summed E-state index contributed by atoms with van der Waals surface area (Å²) in [4.78, 5) is 10.4. The second-order valence-corrected chi connectivity index (χ2v) is 2.47. The van der Waals surface area contributed by atoms with E-state index in [0.717, 1.165) is 11.4 Å². The lowest BCUT2D eigenvalue weighted by Gasteiger charge is -1.94. The average Bonchev–Trinajstić information content (AvgIpc) is 2.10. The molecule has 0 aliphatic carbocycles. The monoisotopic (exact) mass is 148 g/mol. The maximum Gasteiger partial charge on any atom is 0.201 e. The third-order valence-electron chi connectivity index (χ3n) is 1.52. The predicted molar refractivity (Wildman–Crippen MR) is 44.9 cm³/mol. The Balaban J connectivity index is 2.81. The van der Waals surface area contributed by atoms with Crippen LogP contribution in [0, 0.1) is 6.92 Å². The van der Waals surface area contributed by atoms with Crippen LogP contribution in [0.25, 0.3) is 0 Å². The molecule has 4 heteroatoms. The van der Waals surface area contributed by atoms with Crippen molar-refractivity contribution in [1.82, 2.24) is 4.57 Å². The molecular formula is C7H9BN2O. The molecule has 1 heterocycles. The molecule has 0 aromatic carbocycles. The fraction of sp³-hybridized carbons (Fsp3) is 0.286. The molecule has 1 aromatic heterocycles. The predicted octanol–water partition coefficient (Wildman–Crippen LogP) is 1.03. The number of rotatable bonds is 1. The number of aryl methyl sites for hydroxylation is 2. The summed E-state index contributed by atoms with van der Waals surface area (Å²) in [5.41, 5.74) is 1.81. The lowest BCUT2D eigenvalue weighted by Crippen LogP contribution is -2.07. The van der Waals surface area contributed by atoms with Crippen LogP contribution in [0.1, 0.15) is 5.69 Å². The van der Waals surface area contributed by atoms with E-state index in [1.54, 1.807) is 6.20 Å². The molecule has 56 valence electrons. The van der Waals surface area contributed by atoms with Crippen molar-refractivity contribution in [3.05, 3.63) is 18.0 Å². The Labute approximate surface area is 66.8 Å². The third-order valence-corrected chi connectivity index (χ3v) is 1.52. The molecule has 0 bridgehead atoms. The van der Waals surface area contributed by atoms with Crippen LogP contribution in [0.4, 0.5) is 10.5 Å². The number of aromatic nitrogens is 1. The van der Waals surface area contributed by atoms with Gasteiger partial charge in [0.25, 0.3) is 0 Å². The van der Waals surface area contributed by atoms with Crippen LogP contribution in [0.3, 0.4) is 0 Å². The minimum absolute atomic E-state index is 0.532. The first-order chi connectivity index (χ1) is 5.09. The standard InChI is InChI=1S/C7H9BN2O/c1-5-3-6(4-10(5)2)9-7(8)11/h3-4H,1-2H3,(H,9,11). The van der Waals surface area contributed by atoms with Gasteiger partial charge in [-0.05, 0) is 13.0 Å². The largest absolute Gasteiger partial charge is 0.353 e. The van der Waals surface area contributed by atoms with Gasteiger partial charge in [0.15, 0.2) is 5.81 Å². The van der Waals surface area contributed by atoms with Crippen LogP contribution in [0.15, 0.2) is 12.3 Å². The Bertz CT molecular complexity index is 260. The van der Waals surface area contributed by atoms with Crippen molar-refractivity contribution in [2.45, 2.75) is 6.92 Å². The van der Waals surface area contributed by atoms with Gasteiger partial charge in [0.05, 0.1) is 5.69 Å². The number of hydrogen-bond donors (Lipinski definition) is 1. The highest BCUT2D eigenvalue weighted by Crippen LogP contribution is 2.10. The lowest BCUT2D eigenvalue weighted by atomic mass is 10.1. The van der Waals surface area contributed by atoms with E-state index in [1.165, 1.54) is 0 Å². The van der Waals surface area contributed by atoms with E-state index in [2.05, 4.69) is 5.32 Å². The van der Waals surface area contributed by atoms with E-state index in [1.807, 2.05) is 24.6 Å². The van der Waals surface area contributed by atoms with E-state index in [9.17, 15) is 4.79 Å². The van der Waals surface area contributed by atoms with E-state index < -0.39 is 5.81 Å². The summed E-state index contributed by atoms with van der Waals surface area (Å²) < 4.78 is 1.91. The van der Waals surface area contributed by atoms with Gasteiger partial charge in [-0.1, -0.05) is 0 Å². The minimum Gasteiger partial charge on any atom is -0.353 e. The molecule has 0 unspecified atom stereocenters. The van der Waals surface area contributed by atoms with Gasteiger partial charge in [-0.15, -0.1) is 0 Å². The smallest absolute Gasteiger partial charge is 0.201 e. The molecule has 3 nitrogen and oxygen atoms in total. The lowest BCUT2D eigenvalue weighted by molar-refractivity contribution is 0.269. The van der Waals surface area contributed by atoms with Crippen LogP contribution < -0.4 is 5.32 Å². The van der Waals surface area contributed by atoms with Crippen LogP contribution in [-0.4, -0.2) is 18.2 Å². The summed E-state index contributed by atoms with van der Waals surface area (Å²) in [6.07, 6.45) is 1.81. The van der Waals surface area contributed by atoms with Gasteiger partial charge >= 0.3 is 0 Å². The molecule has 0 fully saturated rings. The zero-order valence-electron chi connectivity index (χ0n) is 6.59. The number of anilines is 1. The highest BCUT2D eigenvalue weighted by Gasteiger charge is 1.98. The van der Waals surface area contributed by atoms with Gasteiger partial charge < -0.3 is 9.88 Å². The number of hydrogen-bond acceptors (Lipinski definition) is 1. The number of carbonyl (C=O) groups is 1. The Morgan fingerprint density at radius 2 is 2.36 bits per heavy atom. The second-order valence-electron chi connectivity index (χ2n) is 2.47. The molecule has 0 aliphatic rings. The highest BCUT2D eigenvalue weighted by atomic mass is 16.1. The number of nitrogens with zero attached hydrogens (tertiary/aromatic N) is 1. The molecule has 1 aromatic rings. The van der Waals surface area contributed by atoms with Crippen molar-refractivity contribution >= 4 is 19.3 Å². The quantitative estimate of drug-likeness (QED) is 0.593. The SMILES string of the molecule is [B]C(=O)Nc1cc(C)n(C)c1. The van der Waals surface area contributed by atoms with Crippen LogP contribution >= 0.6 is 0 Å². The Kier molecular flexibility index (Phi) is 2.03. The Morgan fingerprint density at radius 3 is 2.73 bits per heavy atom. The van der Waals surface area contributed by atoms with E-state index in [4.69, 9.17) is 7.85 Å². The Hall–Kier alpha value is -1.19. The van der Waals surface area contributed by atoms with Crippen LogP contribution in [-0.2, 0) is 7.05 Å². The molecule has 0 spiro atoms. The molecular weight excluding hydrogens is 139 g/mol. The molecule has 0 aliphatic heterocycles. The first-order valence-electron chi connectivity index (χ1n) is 3.29. The summed E-state index contributed by atoms with van der Waals surface area (Å²) in [5.74, 6) is -0.532. The van der Waals surface area contributed by atoms with Crippen molar-refractivity contribution < 1.29 is 4.79 Å². The van der Waals surface area contributed by atoms with Gasteiger partial charge in [0.2, 0.25) is 7.85 Å². The van der Waals surface area contributed by atoms with Crippen molar-refractivity contribution in [1.29, 1.82) is 0 Å². The molecule has 1 N–H and O–H groups in total. The topological polar surface area (TPSA) is 34.0 Å². The Morgan fingerprint density at radius 1 is 1.73 bits per heavy atom. The van der Waals surface area contributed by atoms with Gasteiger partial charge in [-0.2, -0.15) is 0 Å². The molecule has 1 amide bonds. The molecule has 0 atom stereocenters. The molecule has 11 heavy (non-hydrogen) atoms. The summed E-state index contributed by atoms with van der Waals surface area (Å²) in [5, 5.41) is 2.48. The second kappa shape index (κ2) is 2.82. The molecule has 0 saturated heterocycles. The van der Waals surface area contributed by atoms with Gasteiger partial charge in [-0.25, -0.2) is 0 Å². The third kappa shape index (κ3) is 1.87. The zero-order valence-corrected chi connectivity index (χ0v) is 6.59. The average molecular weight is 148 g/mol. The summed E-state index contributed by atoms with van der Waals surface area (Å²) in [6, 6.07) is 1.85. The van der Waals surface area contributed by atoms with Crippen LogP contribution in [0.2, 0.25) is 0 Å². The number of nitrogens with one attached hydrogen (secondary N) is 1. The normalized spacial score (nSPS) is 9.64. The minimum atomic E-state index is -0.532. The molecule has 2 radical (unpaired) electrons. The summed E-state index contributed by atoms with van der Waals surface area (Å²) >= 11 is 0. The van der Waals surface area contributed by atoms with Gasteiger partial charge in [0.1, 0.15) is 0 Å². The van der Waals surface area contributed by atoms with Crippen molar-refractivity contribution in [3.8, 4) is 0 Å². The molecule has 0 saturated carbocycles. The summed E-state index contributed by atoms with van der Waals surface area (Å²) in [7, 11) is 6.83. The fourth-order valence-corrected chi connectivity index (χ4v) is 0.885. The molecule has 1 rings (SSSR count). The van der Waals surface area contributed by atoms with E-state index >= 15 is 0 Å². The van der Waals surface area contributed by atoms with Crippen molar-refractivity contribution in [3.63, 3.8) is 0 Å². The van der Waals surface area contributed by atoms with E-state index in [-0.39, 0.29) is 0 Å². The first kappa shape index (κ1) is 7.92. The summed E-state index contributed by atoms with van der Waals surface area (Å²) in [6.45, 7) is 1.95.